The van der Waals surface area contributed by atoms with E-state index in [1.165, 1.54) is 0 Å². The summed E-state index contributed by atoms with van der Waals surface area (Å²) < 4.78 is 55.9. The lowest BCUT2D eigenvalue weighted by atomic mass is 9.98. The highest BCUT2D eigenvalue weighted by Gasteiger charge is 2.65. The van der Waals surface area contributed by atoms with Crippen LogP contribution in [0.3, 0.4) is 0 Å². The van der Waals surface area contributed by atoms with E-state index in [0.29, 0.717) is 0 Å². The highest BCUT2D eigenvalue weighted by atomic mass is 32.2. The van der Waals surface area contributed by atoms with Crippen LogP contribution < -0.4 is 5.14 Å². The highest BCUT2D eigenvalue weighted by molar-refractivity contribution is 7.84. The summed E-state index contributed by atoms with van der Waals surface area (Å²) in [6.45, 7) is 6.71. The molecule has 9 nitrogen and oxygen atoms in total. The fraction of sp³-hybridized carbons (Fsp3) is 1.00. The molecule has 0 aromatic heterocycles. The van der Waals surface area contributed by atoms with E-state index in [1.54, 1.807) is 27.7 Å². The number of hydrogen-bond donors (Lipinski definition) is 1. The molecule has 3 aliphatic rings. The molecule has 3 rings (SSSR count). The van der Waals surface area contributed by atoms with Crippen molar-refractivity contribution in [1.82, 2.24) is 0 Å². The molecule has 10 heteroatoms. The Labute approximate surface area is 129 Å². The van der Waals surface area contributed by atoms with E-state index in [-0.39, 0.29) is 12.7 Å². The SMILES string of the molecule is CC1(C)O[C@H]2CO[C@]3(COS(N)(=O)=O)OC(C)(C)OC3[C@H]2O1. The van der Waals surface area contributed by atoms with E-state index >= 15 is 0 Å². The predicted molar refractivity (Wildman–Crippen MR) is 71.6 cm³/mol. The standard InChI is InChI=1S/C12H21NO8S/c1-10(2)18-7-5-16-12(6-17-22(13,14)15)9(8(7)19-10)20-11(3,4)21-12/h7-9H,5-6H2,1-4H3,(H2,13,14,15)/t7-,8-,9?,12+/m0/s1. The van der Waals surface area contributed by atoms with Crippen LogP contribution in [0.25, 0.3) is 0 Å². The monoisotopic (exact) mass is 339 g/mol. The molecule has 0 aromatic carbocycles. The van der Waals surface area contributed by atoms with Crippen LogP contribution in [0.1, 0.15) is 27.7 Å². The van der Waals surface area contributed by atoms with Gasteiger partial charge in [-0.3, -0.25) is 4.18 Å². The molecule has 0 aliphatic carbocycles. The van der Waals surface area contributed by atoms with Gasteiger partial charge in [0.1, 0.15) is 24.9 Å². The average Bonchev–Trinajstić information content (AvgIpc) is 2.78. The molecule has 3 aliphatic heterocycles. The maximum atomic E-state index is 11.1. The topological polar surface area (TPSA) is 116 Å². The van der Waals surface area contributed by atoms with Gasteiger partial charge in [-0.05, 0) is 27.7 Å². The van der Waals surface area contributed by atoms with Crippen LogP contribution in [0.5, 0.6) is 0 Å². The molecule has 3 fully saturated rings. The molecular weight excluding hydrogens is 318 g/mol. The first-order valence-corrected chi connectivity index (χ1v) is 8.43. The van der Waals surface area contributed by atoms with Crippen LogP contribution in [-0.2, 0) is 38.2 Å². The fourth-order valence-corrected chi connectivity index (χ4v) is 3.44. The van der Waals surface area contributed by atoms with Gasteiger partial charge >= 0.3 is 10.3 Å². The van der Waals surface area contributed by atoms with Crippen molar-refractivity contribution in [3.63, 3.8) is 0 Å². The third kappa shape index (κ3) is 3.02. The summed E-state index contributed by atoms with van der Waals surface area (Å²) in [7, 11) is -4.14. The number of rotatable bonds is 3. The van der Waals surface area contributed by atoms with Gasteiger partial charge in [-0.25, -0.2) is 5.14 Å². The Morgan fingerprint density at radius 2 is 1.82 bits per heavy atom. The number of nitrogens with two attached hydrogens (primary N) is 1. The maximum absolute atomic E-state index is 11.1. The molecule has 1 unspecified atom stereocenters. The van der Waals surface area contributed by atoms with Gasteiger partial charge in [-0.1, -0.05) is 0 Å². The minimum absolute atomic E-state index is 0.165. The molecule has 22 heavy (non-hydrogen) atoms. The smallest absolute Gasteiger partial charge is 0.333 e. The molecule has 0 radical (unpaired) electrons. The number of fused-ring (bicyclic) bond motifs is 3. The van der Waals surface area contributed by atoms with Crippen LogP contribution in [0.4, 0.5) is 0 Å². The number of ether oxygens (including phenoxy) is 5. The van der Waals surface area contributed by atoms with Crippen molar-refractivity contribution in [2.45, 2.75) is 63.4 Å². The summed E-state index contributed by atoms with van der Waals surface area (Å²) in [5.41, 5.74) is 0. The molecule has 128 valence electrons. The highest BCUT2D eigenvalue weighted by Crippen LogP contribution is 2.47. The molecule has 0 saturated carbocycles. The van der Waals surface area contributed by atoms with Gasteiger partial charge in [0, 0.05) is 0 Å². The third-order valence-electron chi connectivity index (χ3n) is 3.70. The second kappa shape index (κ2) is 4.84. The van der Waals surface area contributed by atoms with Crippen molar-refractivity contribution in [1.29, 1.82) is 0 Å². The Balaban J connectivity index is 1.87. The zero-order chi connectivity index (χ0) is 16.4. The average molecular weight is 339 g/mol. The van der Waals surface area contributed by atoms with Crippen molar-refractivity contribution in [3.8, 4) is 0 Å². The second-order valence-corrected chi connectivity index (χ2v) is 7.78. The van der Waals surface area contributed by atoms with Crippen molar-refractivity contribution in [2.24, 2.45) is 5.14 Å². The zero-order valence-corrected chi connectivity index (χ0v) is 13.7. The Bertz CT molecular complexity index is 561. The molecule has 2 N–H and O–H groups in total. The van der Waals surface area contributed by atoms with Crippen LogP contribution >= 0.6 is 0 Å². The Morgan fingerprint density at radius 1 is 1.14 bits per heavy atom. The Hall–Kier alpha value is -0.330. The molecule has 0 amide bonds. The molecule has 0 bridgehead atoms. The van der Waals surface area contributed by atoms with Crippen molar-refractivity contribution < 1.29 is 36.3 Å². The lowest BCUT2D eigenvalue weighted by Crippen LogP contribution is -2.60. The second-order valence-electron chi connectivity index (χ2n) is 6.56. The van der Waals surface area contributed by atoms with Crippen LogP contribution in [0, 0.1) is 0 Å². The first-order chi connectivity index (χ1) is 9.92. The van der Waals surface area contributed by atoms with Crippen molar-refractivity contribution in [3.05, 3.63) is 0 Å². The van der Waals surface area contributed by atoms with Crippen LogP contribution in [-0.4, -0.2) is 57.3 Å². The van der Waals surface area contributed by atoms with E-state index in [1.807, 2.05) is 0 Å². The van der Waals surface area contributed by atoms with Gasteiger partial charge in [-0.15, -0.1) is 0 Å². The zero-order valence-electron chi connectivity index (χ0n) is 12.9. The summed E-state index contributed by atoms with van der Waals surface area (Å²) >= 11 is 0. The first-order valence-electron chi connectivity index (χ1n) is 6.96. The predicted octanol–water partition coefficient (Wildman–Crippen LogP) is -0.395. The van der Waals surface area contributed by atoms with Crippen LogP contribution in [0.2, 0.25) is 0 Å². The van der Waals surface area contributed by atoms with E-state index in [2.05, 4.69) is 0 Å². The molecular formula is C12H21NO8S. The minimum atomic E-state index is -4.14. The third-order valence-corrected chi connectivity index (χ3v) is 4.15. The lowest BCUT2D eigenvalue weighted by Gasteiger charge is -2.40. The van der Waals surface area contributed by atoms with E-state index < -0.39 is 46.5 Å². The quantitative estimate of drug-likeness (QED) is 0.739. The van der Waals surface area contributed by atoms with Gasteiger partial charge in [0.05, 0.1) is 6.61 Å². The molecule has 0 spiro atoms. The summed E-state index contributed by atoms with van der Waals surface area (Å²) in [5, 5.41) is 4.89. The van der Waals surface area contributed by atoms with E-state index in [0.717, 1.165) is 0 Å². The van der Waals surface area contributed by atoms with Gasteiger partial charge in [0.25, 0.3) is 0 Å². The van der Waals surface area contributed by atoms with Crippen molar-refractivity contribution in [2.75, 3.05) is 13.2 Å². The summed E-state index contributed by atoms with van der Waals surface area (Å²) in [5.74, 6) is -3.19. The lowest BCUT2D eigenvalue weighted by molar-refractivity contribution is -0.290. The van der Waals surface area contributed by atoms with E-state index in [4.69, 9.17) is 33.0 Å². The van der Waals surface area contributed by atoms with Gasteiger partial charge < -0.3 is 23.7 Å². The molecule has 3 saturated heterocycles. The van der Waals surface area contributed by atoms with Crippen LogP contribution in [0.15, 0.2) is 0 Å². The molecule has 3 heterocycles. The van der Waals surface area contributed by atoms with E-state index in [9.17, 15) is 8.42 Å². The normalized spacial score (nSPS) is 42.9. The number of hydrogen-bond acceptors (Lipinski definition) is 8. The summed E-state index contributed by atoms with van der Waals surface area (Å²) in [6.07, 6.45) is -1.50. The van der Waals surface area contributed by atoms with Gasteiger partial charge in [0.15, 0.2) is 11.6 Å². The minimum Gasteiger partial charge on any atom is -0.343 e. The summed E-state index contributed by atoms with van der Waals surface area (Å²) in [4.78, 5) is 0. The molecule has 4 atom stereocenters. The largest absolute Gasteiger partial charge is 0.343 e. The van der Waals surface area contributed by atoms with Gasteiger partial charge in [-0.2, -0.15) is 8.42 Å². The van der Waals surface area contributed by atoms with Crippen molar-refractivity contribution >= 4 is 10.3 Å². The van der Waals surface area contributed by atoms with Gasteiger partial charge in [0.2, 0.25) is 5.79 Å². The fourth-order valence-electron chi connectivity index (χ4n) is 3.11. The Morgan fingerprint density at radius 3 is 2.45 bits per heavy atom. The maximum Gasteiger partial charge on any atom is 0.333 e. The Kier molecular flexibility index (Phi) is 3.63. The summed E-state index contributed by atoms with van der Waals surface area (Å²) in [6, 6.07) is 0. The molecule has 0 aromatic rings. The first kappa shape index (κ1) is 16.5.